The Labute approximate surface area is 130 Å². The Hall–Kier alpha value is -0.860. The zero-order valence-electron chi connectivity index (χ0n) is 14.3. The number of hydrogen-bond acceptors (Lipinski definition) is 2. The Kier molecular flexibility index (Phi) is 5.83. The number of rotatable bonds is 6. The van der Waals surface area contributed by atoms with E-state index in [2.05, 4.69) is 62.4 Å². The van der Waals surface area contributed by atoms with Crippen LogP contribution in [0.15, 0.2) is 24.3 Å². The quantitative estimate of drug-likeness (QED) is 0.839. The summed E-state index contributed by atoms with van der Waals surface area (Å²) in [7, 11) is 4.53. The summed E-state index contributed by atoms with van der Waals surface area (Å²) in [5, 5.41) is 3.86. The largest absolute Gasteiger partial charge is 0.308 e. The van der Waals surface area contributed by atoms with Gasteiger partial charge in [-0.15, -0.1) is 0 Å². The molecule has 0 amide bonds. The highest BCUT2D eigenvalue weighted by Gasteiger charge is 2.42. The monoisotopic (exact) mass is 288 g/mol. The standard InChI is InChI=1S/C19H32N2/c1-5-14-20-18(17-11-9-10-16(2)15-17)19(21(3)4)12-7-6-8-13-19/h9-11,15,18,20H,5-8,12-14H2,1-4H3. The second-order valence-electron chi connectivity index (χ2n) is 6.86. The predicted molar refractivity (Wildman–Crippen MR) is 91.7 cm³/mol. The van der Waals surface area contributed by atoms with Gasteiger partial charge in [0.15, 0.2) is 0 Å². The summed E-state index contributed by atoms with van der Waals surface area (Å²) in [6.07, 6.45) is 7.89. The number of nitrogens with one attached hydrogen (secondary N) is 1. The molecule has 1 aromatic rings. The normalized spacial score (nSPS) is 19.7. The Morgan fingerprint density at radius 3 is 2.48 bits per heavy atom. The summed E-state index contributed by atoms with van der Waals surface area (Å²) in [4.78, 5) is 2.49. The molecule has 1 unspecified atom stereocenters. The molecule has 0 saturated heterocycles. The van der Waals surface area contributed by atoms with E-state index in [4.69, 9.17) is 0 Å². The van der Waals surface area contributed by atoms with Gasteiger partial charge in [0.25, 0.3) is 0 Å². The Bertz CT molecular complexity index is 433. The van der Waals surface area contributed by atoms with Gasteiger partial charge in [-0.3, -0.25) is 0 Å². The van der Waals surface area contributed by atoms with Crippen molar-refractivity contribution >= 4 is 0 Å². The molecule has 1 saturated carbocycles. The zero-order chi connectivity index (χ0) is 15.3. The molecule has 0 heterocycles. The van der Waals surface area contributed by atoms with Crippen molar-refractivity contribution in [2.45, 2.75) is 64.0 Å². The minimum atomic E-state index is 0.265. The first kappa shape index (κ1) is 16.5. The first-order valence-electron chi connectivity index (χ1n) is 8.57. The van der Waals surface area contributed by atoms with Crippen LogP contribution in [0.25, 0.3) is 0 Å². The van der Waals surface area contributed by atoms with Crippen LogP contribution in [0.1, 0.15) is 62.6 Å². The molecule has 0 aliphatic heterocycles. The summed E-state index contributed by atoms with van der Waals surface area (Å²) in [6, 6.07) is 9.52. The van der Waals surface area contributed by atoms with Gasteiger partial charge < -0.3 is 10.2 Å². The molecule has 2 rings (SSSR count). The summed E-state index contributed by atoms with van der Waals surface area (Å²) in [5.74, 6) is 0. The first-order chi connectivity index (χ1) is 10.1. The lowest BCUT2D eigenvalue weighted by molar-refractivity contribution is 0.0564. The van der Waals surface area contributed by atoms with Gasteiger partial charge in [0, 0.05) is 5.54 Å². The van der Waals surface area contributed by atoms with E-state index in [1.54, 1.807) is 0 Å². The van der Waals surface area contributed by atoms with Crippen molar-refractivity contribution < 1.29 is 0 Å². The van der Waals surface area contributed by atoms with Gasteiger partial charge in [0.05, 0.1) is 6.04 Å². The number of hydrogen-bond donors (Lipinski definition) is 1. The molecule has 1 aliphatic rings. The SMILES string of the molecule is CCCNC(c1cccc(C)c1)C1(N(C)C)CCCCC1. The van der Waals surface area contributed by atoms with Crippen LogP contribution in [0.4, 0.5) is 0 Å². The molecule has 1 aromatic carbocycles. The number of aryl methyl sites for hydroxylation is 1. The maximum atomic E-state index is 3.86. The Morgan fingerprint density at radius 2 is 1.90 bits per heavy atom. The van der Waals surface area contributed by atoms with Crippen LogP contribution in [0.3, 0.4) is 0 Å². The van der Waals surface area contributed by atoms with Crippen molar-refractivity contribution in [3.63, 3.8) is 0 Å². The van der Waals surface area contributed by atoms with E-state index in [-0.39, 0.29) is 5.54 Å². The second kappa shape index (κ2) is 7.42. The summed E-state index contributed by atoms with van der Waals surface area (Å²) >= 11 is 0. The third-order valence-electron chi connectivity index (χ3n) is 5.12. The molecule has 2 heteroatoms. The van der Waals surface area contributed by atoms with Gasteiger partial charge in [-0.05, 0) is 52.4 Å². The van der Waals surface area contributed by atoms with Crippen molar-refractivity contribution in [2.24, 2.45) is 0 Å². The molecule has 1 atom stereocenters. The Morgan fingerprint density at radius 1 is 1.19 bits per heavy atom. The molecule has 0 bridgehead atoms. The molecule has 0 spiro atoms. The molecular formula is C19H32N2. The van der Waals surface area contributed by atoms with E-state index in [0.717, 1.165) is 6.54 Å². The molecule has 1 fully saturated rings. The fraction of sp³-hybridized carbons (Fsp3) is 0.684. The van der Waals surface area contributed by atoms with Gasteiger partial charge in [0.1, 0.15) is 0 Å². The molecule has 0 aromatic heterocycles. The van der Waals surface area contributed by atoms with Crippen LogP contribution in [0.2, 0.25) is 0 Å². The lowest BCUT2D eigenvalue weighted by atomic mass is 9.73. The van der Waals surface area contributed by atoms with Gasteiger partial charge in [-0.2, -0.15) is 0 Å². The van der Waals surface area contributed by atoms with Crippen LogP contribution in [0.5, 0.6) is 0 Å². The average molecular weight is 288 g/mol. The minimum absolute atomic E-state index is 0.265. The van der Waals surface area contributed by atoms with Gasteiger partial charge in [-0.1, -0.05) is 56.0 Å². The van der Waals surface area contributed by atoms with Crippen LogP contribution < -0.4 is 5.32 Å². The topological polar surface area (TPSA) is 15.3 Å². The summed E-state index contributed by atoms with van der Waals surface area (Å²) in [5.41, 5.74) is 3.08. The first-order valence-corrected chi connectivity index (χ1v) is 8.57. The van der Waals surface area contributed by atoms with Crippen molar-refractivity contribution in [3.05, 3.63) is 35.4 Å². The van der Waals surface area contributed by atoms with Crippen LogP contribution >= 0.6 is 0 Å². The maximum absolute atomic E-state index is 3.86. The van der Waals surface area contributed by atoms with Crippen molar-refractivity contribution in [2.75, 3.05) is 20.6 Å². The predicted octanol–water partition coefficient (Wildman–Crippen LogP) is 4.30. The molecule has 0 radical (unpaired) electrons. The van der Waals surface area contributed by atoms with E-state index in [1.807, 2.05) is 0 Å². The Balaban J connectivity index is 2.36. The van der Waals surface area contributed by atoms with E-state index >= 15 is 0 Å². The highest BCUT2D eigenvalue weighted by Crippen LogP contribution is 2.42. The van der Waals surface area contributed by atoms with Crippen molar-refractivity contribution in [1.29, 1.82) is 0 Å². The van der Waals surface area contributed by atoms with Crippen LogP contribution in [-0.2, 0) is 0 Å². The van der Waals surface area contributed by atoms with E-state index in [9.17, 15) is 0 Å². The third-order valence-corrected chi connectivity index (χ3v) is 5.12. The van der Waals surface area contributed by atoms with E-state index in [1.165, 1.54) is 49.7 Å². The van der Waals surface area contributed by atoms with Crippen molar-refractivity contribution in [1.82, 2.24) is 10.2 Å². The van der Waals surface area contributed by atoms with Gasteiger partial charge in [-0.25, -0.2) is 0 Å². The smallest absolute Gasteiger partial charge is 0.0507 e. The van der Waals surface area contributed by atoms with Gasteiger partial charge >= 0.3 is 0 Å². The number of nitrogens with zero attached hydrogens (tertiary/aromatic N) is 1. The maximum Gasteiger partial charge on any atom is 0.0507 e. The van der Waals surface area contributed by atoms with Gasteiger partial charge in [0.2, 0.25) is 0 Å². The number of benzene rings is 1. The molecule has 21 heavy (non-hydrogen) atoms. The number of likely N-dealkylation sites (N-methyl/N-ethyl adjacent to an activating group) is 1. The molecule has 118 valence electrons. The fourth-order valence-electron chi connectivity index (χ4n) is 3.91. The highest BCUT2D eigenvalue weighted by molar-refractivity contribution is 5.28. The van der Waals surface area contributed by atoms with Crippen LogP contribution in [0, 0.1) is 6.92 Å². The molecular weight excluding hydrogens is 256 g/mol. The fourth-order valence-corrected chi connectivity index (χ4v) is 3.91. The van der Waals surface area contributed by atoms with E-state index < -0.39 is 0 Å². The highest BCUT2D eigenvalue weighted by atomic mass is 15.2. The second-order valence-corrected chi connectivity index (χ2v) is 6.86. The lowest BCUT2D eigenvalue weighted by Gasteiger charge is -2.49. The lowest BCUT2D eigenvalue weighted by Crippen LogP contribution is -2.55. The zero-order valence-corrected chi connectivity index (χ0v) is 14.3. The van der Waals surface area contributed by atoms with E-state index in [0.29, 0.717) is 6.04 Å². The third kappa shape index (κ3) is 3.67. The molecule has 2 nitrogen and oxygen atoms in total. The van der Waals surface area contributed by atoms with Crippen LogP contribution in [-0.4, -0.2) is 31.1 Å². The van der Waals surface area contributed by atoms with Crippen molar-refractivity contribution in [3.8, 4) is 0 Å². The minimum Gasteiger partial charge on any atom is -0.308 e. The molecule has 1 N–H and O–H groups in total. The average Bonchev–Trinajstić information content (AvgIpc) is 2.48. The molecule has 1 aliphatic carbocycles. The summed E-state index contributed by atoms with van der Waals surface area (Å²) < 4.78 is 0. The summed E-state index contributed by atoms with van der Waals surface area (Å²) in [6.45, 7) is 5.54.